The van der Waals surface area contributed by atoms with Crippen LogP contribution in [0.5, 0.6) is 0 Å². The summed E-state index contributed by atoms with van der Waals surface area (Å²) >= 11 is 0. The lowest BCUT2D eigenvalue weighted by Crippen LogP contribution is -1.93. The number of rotatable bonds is 2. The van der Waals surface area contributed by atoms with E-state index in [9.17, 15) is 0 Å². The zero-order chi connectivity index (χ0) is 35.5. The van der Waals surface area contributed by atoms with Gasteiger partial charge in [-0.2, -0.15) is 0 Å². The average molecular weight is 697 g/mol. The summed E-state index contributed by atoms with van der Waals surface area (Å²) in [4.78, 5) is 5.38. The second kappa shape index (κ2) is 9.75. The Labute approximate surface area is 313 Å². The predicted octanol–water partition coefficient (Wildman–Crippen LogP) is 13.3. The van der Waals surface area contributed by atoms with Crippen molar-refractivity contribution in [3.63, 3.8) is 0 Å². The summed E-state index contributed by atoms with van der Waals surface area (Å²) < 4.78 is 7.32. The minimum Gasteiger partial charge on any atom is -0.309 e. The van der Waals surface area contributed by atoms with Gasteiger partial charge in [0.1, 0.15) is 5.65 Å². The Morgan fingerprint density at radius 2 is 1.04 bits per heavy atom. The molecule has 0 atom stereocenters. The van der Waals surface area contributed by atoms with E-state index in [2.05, 4.69) is 183 Å². The van der Waals surface area contributed by atoms with Gasteiger partial charge in [0.05, 0.1) is 44.8 Å². The number of aromatic nitrogens is 4. The van der Waals surface area contributed by atoms with Gasteiger partial charge in [0.15, 0.2) is 0 Å². The van der Waals surface area contributed by atoms with Gasteiger partial charge in [-0.3, -0.25) is 4.40 Å². The summed E-state index contributed by atoms with van der Waals surface area (Å²) in [6, 6.07) is 60.2. The third-order valence-electron chi connectivity index (χ3n) is 12.5. The van der Waals surface area contributed by atoms with Crippen LogP contribution in [0.1, 0.15) is 0 Å². The maximum atomic E-state index is 5.38. The van der Waals surface area contributed by atoms with Crippen LogP contribution in [0.3, 0.4) is 0 Å². The molecule has 14 aromatic rings. The normalized spacial score (nSPS) is 12.7. The van der Waals surface area contributed by atoms with Crippen molar-refractivity contribution in [2.24, 2.45) is 0 Å². The second-order valence-electron chi connectivity index (χ2n) is 15.1. The second-order valence-corrected chi connectivity index (χ2v) is 15.1. The molecule has 0 aliphatic heterocycles. The number of pyridine rings is 1. The first-order valence-corrected chi connectivity index (χ1v) is 19.0. The first-order valence-electron chi connectivity index (χ1n) is 19.0. The lowest BCUT2D eigenvalue weighted by molar-refractivity contribution is 1.18. The Morgan fingerprint density at radius 3 is 1.91 bits per heavy atom. The maximum Gasteiger partial charge on any atom is 0.146 e. The molecule has 0 aliphatic rings. The molecule has 55 heavy (non-hydrogen) atoms. The molecule has 0 saturated heterocycles. The highest BCUT2D eigenvalue weighted by atomic mass is 15.0. The van der Waals surface area contributed by atoms with E-state index in [1.165, 1.54) is 115 Å². The number of fused-ring (bicyclic) bond motifs is 18. The molecule has 14 rings (SSSR count). The third kappa shape index (κ3) is 3.29. The summed E-state index contributed by atoms with van der Waals surface area (Å²) in [7, 11) is 0. The Bertz CT molecular complexity index is 3940. The molecule has 8 aromatic carbocycles. The van der Waals surface area contributed by atoms with Crippen LogP contribution in [-0.2, 0) is 0 Å². The Morgan fingerprint density at radius 1 is 0.364 bits per heavy atom. The van der Waals surface area contributed by atoms with Crippen molar-refractivity contribution in [3.8, 4) is 16.8 Å². The van der Waals surface area contributed by atoms with E-state index >= 15 is 0 Å². The minimum absolute atomic E-state index is 1.02. The number of hydrogen-bond donors (Lipinski definition) is 0. The zero-order valence-corrected chi connectivity index (χ0v) is 29.5. The predicted molar refractivity (Wildman–Crippen MR) is 231 cm³/mol. The summed E-state index contributed by atoms with van der Waals surface area (Å²) in [5, 5.41) is 15.2. The highest BCUT2D eigenvalue weighted by Crippen LogP contribution is 2.49. The van der Waals surface area contributed by atoms with Gasteiger partial charge in [-0.05, 0) is 58.8 Å². The van der Waals surface area contributed by atoms with E-state index in [4.69, 9.17) is 4.98 Å². The summed E-state index contributed by atoms with van der Waals surface area (Å²) in [5.74, 6) is 0. The fourth-order valence-corrected chi connectivity index (χ4v) is 10.4. The van der Waals surface area contributed by atoms with Crippen LogP contribution in [0.4, 0.5) is 0 Å². The van der Waals surface area contributed by atoms with E-state index in [1.54, 1.807) is 0 Å². The van der Waals surface area contributed by atoms with Crippen molar-refractivity contribution in [1.82, 2.24) is 18.4 Å². The van der Waals surface area contributed by atoms with Crippen LogP contribution in [-0.4, -0.2) is 18.4 Å². The first-order chi connectivity index (χ1) is 27.3. The number of nitrogens with zero attached hydrogens (tertiary/aromatic N) is 4. The Hall–Kier alpha value is -7.43. The summed E-state index contributed by atoms with van der Waals surface area (Å²) in [6.45, 7) is 0. The van der Waals surface area contributed by atoms with E-state index in [0.29, 0.717) is 0 Å². The molecular weight excluding hydrogens is 669 g/mol. The topological polar surface area (TPSA) is 26.6 Å². The molecule has 0 radical (unpaired) electrons. The van der Waals surface area contributed by atoms with E-state index in [-0.39, 0.29) is 0 Å². The molecule has 0 bridgehead atoms. The highest BCUT2D eigenvalue weighted by Gasteiger charge is 2.27. The lowest BCUT2D eigenvalue weighted by atomic mass is 9.97. The lowest BCUT2D eigenvalue weighted by Gasteiger charge is -2.09. The minimum atomic E-state index is 1.02. The van der Waals surface area contributed by atoms with Crippen LogP contribution in [0.2, 0.25) is 0 Å². The van der Waals surface area contributed by atoms with Gasteiger partial charge in [-0.1, -0.05) is 121 Å². The van der Waals surface area contributed by atoms with Crippen LogP contribution in [0.15, 0.2) is 170 Å². The fourth-order valence-electron chi connectivity index (χ4n) is 10.4. The highest BCUT2D eigenvalue weighted by molar-refractivity contribution is 6.39. The third-order valence-corrected chi connectivity index (χ3v) is 12.5. The van der Waals surface area contributed by atoms with Gasteiger partial charge in [0.2, 0.25) is 0 Å². The van der Waals surface area contributed by atoms with Crippen molar-refractivity contribution < 1.29 is 0 Å². The van der Waals surface area contributed by atoms with Gasteiger partial charge in [0, 0.05) is 65.1 Å². The molecule has 4 heteroatoms. The first kappa shape index (κ1) is 28.1. The average Bonchev–Trinajstić information content (AvgIpc) is 4.03. The van der Waals surface area contributed by atoms with Crippen molar-refractivity contribution in [1.29, 1.82) is 0 Å². The summed E-state index contributed by atoms with van der Waals surface area (Å²) in [6.07, 6.45) is 2.14. The number of benzene rings is 8. The van der Waals surface area contributed by atoms with Crippen LogP contribution in [0.25, 0.3) is 126 Å². The number of hydrogen-bond acceptors (Lipinski definition) is 1. The van der Waals surface area contributed by atoms with E-state index in [0.717, 1.165) is 11.2 Å². The molecule has 0 spiro atoms. The van der Waals surface area contributed by atoms with Crippen molar-refractivity contribution in [2.75, 3.05) is 0 Å². The van der Waals surface area contributed by atoms with Gasteiger partial charge in [-0.15, -0.1) is 0 Å². The molecule has 4 nitrogen and oxygen atoms in total. The zero-order valence-electron chi connectivity index (χ0n) is 29.5. The van der Waals surface area contributed by atoms with Crippen molar-refractivity contribution in [3.05, 3.63) is 170 Å². The smallest absolute Gasteiger partial charge is 0.146 e. The van der Waals surface area contributed by atoms with Crippen LogP contribution < -0.4 is 0 Å². The van der Waals surface area contributed by atoms with Crippen LogP contribution in [0, 0.1) is 0 Å². The van der Waals surface area contributed by atoms with E-state index in [1.807, 2.05) is 0 Å². The van der Waals surface area contributed by atoms with Gasteiger partial charge >= 0.3 is 0 Å². The SMILES string of the molecule is c1ccc(-n2c3ccccc3c3cc(-c4cccc5c6cc7ccccc7c7c8c9c%10cccc%11c%12ccccc%12n(c9ncc8n(c45)c67)c%11%10)ccc32)cc1. The molecular formula is C51H28N4. The monoisotopic (exact) mass is 696 g/mol. The standard InChI is InChI=1S/C51H28N4/c1-2-13-31(14-3-1)53-41-22-8-7-17-35(41)39-26-30(24-25-43(39)53)33-18-10-20-37-40-27-29-12-4-5-15-32(29)45-47-44(54(48(33)37)50(40)45)28-52-51-46(47)38-21-11-19-36-34-16-6-9-23-42(34)55(51)49(36)38/h1-28H. The van der Waals surface area contributed by atoms with E-state index < -0.39 is 0 Å². The molecule has 0 fully saturated rings. The fraction of sp³-hybridized carbons (Fsp3) is 0. The Kier molecular flexibility index (Phi) is 4.99. The van der Waals surface area contributed by atoms with Crippen LogP contribution >= 0.6 is 0 Å². The summed E-state index contributed by atoms with van der Waals surface area (Å²) in [5.41, 5.74) is 13.1. The Balaban J connectivity index is 1.16. The molecule has 0 N–H and O–H groups in total. The molecule has 0 unspecified atom stereocenters. The molecule has 6 aromatic heterocycles. The molecule has 0 amide bonds. The maximum absolute atomic E-state index is 5.38. The number of para-hydroxylation sites is 5. The molecule has 252 valence electrons. The molecule has 0 saturated carbocycles. The quantitative estimate of drug-likeness (QED) is 0.177. The van der Waals surface area contributed by atoms with Crippen molar-refractivity contribution >= 4 is 109 Å². The van der Waals surface area contributed by atoms with Crippen molar-refractivity contribution in [2.45, 2.75) is 0 Å². The largest absolute Gasteiger partial charge is 0.309 e. The van der Waals surface area contributed by atoms with Gasteiger partial charge in [-0.25, -0.2) is 4.98 Å². The molecule has 6 heterocycles. The van der Waals surface area contributed by atoms with Gasteiger partial charge in [0.25, 0.3) is 0 Å². The molecule has 0 aliphatic carbocycles. The van der Waals surface area contributed by atoms with Gasteiger partial charge < -0.3 is 8.97 Å².